The summed E-state index contributed by atoms with van der Waals surface area (Å²) in [4.78, 5) is 28.4. The van der Waals surface area contributed by atoms with E-state index in [1.807, 2.05) is 0 Å². The lowest BCUT2D eigenvalue weighted by atomic mass is 9.97. The van der Waals surface area contributed by atoms with Crippen molar-refractivity contribution in [2.45, 2.75) is 35.9 Å². The number of carbonyl (C=O) groups is 2. The molecule has 0 aliphatic carbocycles. The second-order valence-electron chi connectivity index (χ2n) is 7.41. The third-order valence-electron chi connectivity index (χ3n) is 5.33. The van der Waals surface area contributed by atoms with Crippen molar-refractivity contribution in [3.8, 4) is 0 Å². The lowest BCUT2D eigenvalue weighted by molar-refractivity contribution is -0.155. The van der Waals surface area contributed by atoms with E-state index in [9.17, 15) is 22.8 Å². The number of fused-ring (bicyclic) bond motifs is 1. The van der Waals surface area contributed by atoms with E-state index in [1.165, 1.54) is 6.20 Å². The van der Waals surface area contributed by atoms with Crippen molar-refractivity contribution in [2.75, 3.05) is 13.2 Å². The van der Waals surface area contributed by atoms with Gasteiger partial charge in [0.15, 0.2) is 6.04 Å². The molecule has 4 rings (SSSR count). The number of nitrogens with zero attached hydrogens (tertiary/aromatic N) is 2. The van der Waals surface area contributed by atoms with E-state index in [1.54, 1.807) is 36.4 Å². The fraction of sp³-hybridized carbons (Fsp3) is 0.381. The zero-order valence-electron chi connectivity index (χ0n) is 16.2. The maximum absolute atomic E-state index is 13.4. The van der Waals surface area contributed by atoms with Gasteiger partial charge in [-0.2, -0.15) is 13.2 Å². The summed E-state index contributed by atoms with van der Waals surface area (Å²) in [6.07, 6.45) is 1.40. The van der Waals surface area contributed by atoms with Gasteiger partial charge in [0.05, 0.1) is 0 Å². The molecule has 2 atom stereocenters. The molecule has 3 aliphatic rings. The number of hydrogen-bond acceptors (Lipinski definition) is 4. The highest BCUT2D eigenvalue weighted by molar-refractivity contribution is 9.10. The highest BCUT2D eigenvalue weighted by Crippen LogP contribution is 2.36. The van der Waals surface area contributed by atoms with Crippen LogP contribution < -0.4 is 5.32 Å². The Morgan fingerprint density at radius 3 is 2.52 bits per heavy atom. The number of hydrogen-bond donors (Lipinski definition) is 1. The molecule has 1 saturated heterocycles. The summed E-state index contributed by atoms with van der Waals surface area (Å²) in [7, 11) is 0. The van der Waals surface area contributed by atoms with E-state index in [2.05, 4.69) is 26.2 Å². The average molecular weight is 498 g/mol. The lowest BCUT2D eigenvalue weighted by Crippen LogP contribution is -2.52. The van der Waals surface area contributed by atoms with Crippen LogP contribution in [0.5, 0.6) is 0 Å². The molecule has 1 aromatic carbocycles. The van der Waals surface area contributed by atoms with Gasteiger partial charge in [0.25, 0.3) is 5.91 Å². The molecule has 1 N–H and O–H groups in total. The van der Waals surface area contributed by atoms with Gasteiger partial charge in [0, 0.05) is 36.6 Å². The Kier molecular flexibility index (Phi) is 6.02. The number of rotatable bonds is 3. The Morgan fingerprint density at radius 1 is 1.19 bits per heavy atom. The molecule has 1 fully saturated rings. The monoisotopic (exact) mass is 497 g/mol. The number of alkyl halides is 4. The van der Waals surface area contributed by atoms with Crippen molar-refractivity contribution in [1.82, 2.24) is 10.2 Å². The van der Waals surface area contributed by atoms with Crippen LogP contribution in [-0.2, 0) is 9.53 Å². The van der Waals surface area contributed by atoms with Crippen LogP contribution in [0.3, 0.4) is 0 Å². The number of ether oxygens (including phenoxy) is 1. The molecule has 2 amide bonds. The maximum atomic E-state index is 13.4. The van der Waals surface area contributed by atoms with Gasteiger partial charge in [-0.1, -0.05) is 28.1 Å². The highest BCUT2D eigenvalue weighted by Gasteiger charge is 2.51. The molecule has 0 aromatic heterocycles. The van der Waals surface area contributed by atoms with Crippen LogP contribution in [0.2, 0.25) is 0 Å². The van der Waals surface area contributed by atoms with E-state index >= 15 is 0 Å². The molecular weight excluding hydrogens is 479 g/mol. The number of aliphatic imine (C=N–C) groups is 1. The molecular formula is C21H19BrF3N3O3. The molecule has 6 nitrogen and oxygen atoms in total. The fourth-order valence-electron chi connectivity index (χ4n) is 3.65. The SMILES string of the molecule is O=C(NC1CCOCC1)c1ccc(C2=CC=CN3C(=O)C(Br)C(C(F)(F)F)N=C23)cc1. The zero-order valence-corrected chi connectivity index (χ0v) is 17.8. The Labute approximate surface area is 185 Å². The van der Waals surface area contributed by atoms with Gasteiger partial charge in [-0.25, -0.2) is 0 Å². The average Bonchev–Trinajstić information content (AvgIpc) is 2.76. The van der Waals surface area contributed by atoms with Crippen molar-refractivity contribution < 1.29 is 27.5 Å². The minimum Gasteiger partial charge on any atom is -0.381 e. The summed E-state index contributed by atoms with van der Waals surface area (Å²) in [5.41, 5.74) is 1.37. The normalized spacial score (nSPS) is 24.4. The molecule has 3 heterocycles. The Bertz CT molecular complexity index is 966. The second kappa shape index (κ2) is 8.58. The van der Waals surface area contributed by atoms with E-state index in [0.29, 0.717) is 29.9 Å². The first kappa shape index (κ1) is 21.8. The van der Waals surface area contributed by atoms with Crippen molar-refractivity contribution in [2.24, 2.45) is 4.99 Å². The summed E-state index contributed by atoms with van der Waals surface area (Å²) >= 11 is 2.84. The Morgan fingerprint density at radius 2 is 1.87 bits per heavy atom. The van der Waals surface area contributed by atoms with Crippen LogP contribution >= 0.6 is 15.9 Å². The molecule has 0 bridgehead atoms. The standard InChI is InChI=1S/C21H19BrF3N3O3/c22-16-17(21(23,24)25)27-18-15(2-1-9-28(18)20(16)30)12-3-5-13(6-4-12)19(29)26-14-7-10-31-11-8-14/h1-6,9,14,16-17H,7-8,10-11H2,(H,26,29). The zero-order chi connectivity index (χ0) is 22.2. The molecule has 1 aromatic rings. The number of benzene rings is 1. The van der Waals surface area contributed by atoms with E-state index < -0.39 is 23.0 Å². The van der Waals surface area contributed by atoms with Gasteiger partial charge in [0.1, 0.15) is 10.7 Å². The third kappa shape index (κ3) is 4.45. The van der Waals surface area contributed by atoms with E-state index in [4.69, 9.17) is 4.74 Å². The summed E-state index contributed by atoms with van der Waals surface area (Å²) in [6.45, 7) is 1.22. The minimum atomic E-state index is -4.67. The van der Waals surface area contributed by atoms with Crippen LogP contribution in [0.15, 0.2) is 47.6 Å². The molecule has 3 aliphatic heterocycles. The lowest BCUT2D eigenvalue weighted by Gasteiger charge is -2.35. The molecule has 10 heteroatoms. The number of amides is 2. The molecule has 0 saturated carbocycles. The first-order valence-electron chi connectivity index (χ1n) is 9.75. The van der Waals surface area contributed by atoms with E-state index in [-0.39, 0.29) is 17.8 Å². The molecule has 0 spiro atoms. The van der Waals surface area contributed by atoms with Crippen molar-refractivity contribution >= 4 is 39.2 Å². The summed E-state index contributed by atoms with van der Waals surface area (Å²) in [5.74, 6) is -1.02. The van der Waals surface area contributed by atoms with Gasteiger partial charge in [-0.3, -0.25) is 19.5 Å². The quantitative estimate of drug-likeness (QED) is 0.650. The van der Waals surface area contributed by atoms with Gasteiger partial charge in [-0.05, 0) is 42.7 Å². The summed E-state index contributed by atoms with van der Waals surface area (Å²) < 4.78 is 45.5. The molecule has 164 valence electrons. The molecule has 0 radical (unpaired) electrons. The predicted molar refractivity (Wildman–Crippen MR) is 112 cm³/mol. The first-order valence-corrected chi connectivity index (χ1v) is 10.7. The summed E-state index contributed by atoms with van der Waals surface area (Å²) in [5, 5.41) is 2.96. The Hall–Kier alpha value is -2.46. The molecule has 31 heavy (non-hydrogen) atoms. The third-order valence-corrected chi connectivity index (χ3v) is 6.22. The molecule has 2 unspecified atom stereocenters. The summed E-state index contributed by atoms with van der Waals surface area (Å²) in [6, 6.07) is 4.36. The topological polar surface area (TPSA) is 71.0 Å². The number of halogens is 4. The van der Waals surface area contributed by atoms with Crippen molar-refractivity contribution in [1.29, 1.82) is 0 Å². The number of carbonyl (C=O) groups excluding carboxylic acids is 2. The van der Waals surface area contributed by atoms with Gasteiger partial charge >= 0.3 is 6.18 Å². The highest BCUT2D eigenvalue weighted by atomic mass is 79.9. The van der Waals surface area contributed by atoms with Gasteiger partial charge in [0.2, 0.25) is 5.91 Å². The van der Waals surface area contributed by atoms with Crippen LogP contribution in [-0.4, -0.2) is 58.9 Å². The van der Waals surface area contributed by atoms with Crippen LogP contribution in [0.25, 0.3) is 5.57 Å². The van der Waals surface area contributed by atoms with Crippen molar-refractivity contribution in [3.63, 3.8) is 0 Å². The predicted octanol–water partition coefficient (Wildman–Crippen LogP) is 3.44. The smallest absolute Gasteiger partial charge is 0.381 e. The number of nitrogens with one attached hydrogen (secondary N) is 1. The van der Waals surface area contributed by atoms with Crippen LogP contribution in [0.1, 0.15) is 28.8 Å². The minimum absolute atomic E-state index is 0.0554. The first-order chi connectivity index (χ1) is 14.8. The van der Waals surface area contributed by atoms with Crippen LogP contribution in [0, 0.1) is 0 Å². The largest absolute Gasteiger partial charge is 0.412 e. The second-order valence-corrected chi connectivity index (χ2v) is 8.39. The number of allylic oxidation sites excluding steroid dienone is 2. The maximum Gasteiger partial charge on any atom is 0.412 e. The van der Waals surface area contributed by atoms with Gasteiger partial charge < -0.3 is 10.1 Å². The Balaban J connectivity index is 1.57. The number of amidine groups is 1. The van der Waals surface area contributed by atoms with E-state index in [0.717, 1.165) is 17.7 Å². The van der Waals surface area contributed by atoms with Crippen LogP contribution in [0.4, 0.5) is 13.2 Å². The van der Waals surface area contributed by atoms with Crippen molar-refractivity contribution in [3.05, 3.63) is 53.7 Å². The van der Waals surface area contributed by atoms with Gasteiger partial charge in [-0.15, -0.1) is 0 Å². The fourth-order valence-corrected chi connectivity index (χ4v) is 4.29.